The minimum Gasteiger partial charge on any atom is -0.481 e. The highest BCUT2D eigenvalue weighted by Gasteiger charge is 2.46. The van der Waals surface area contributed by atoms with E-state index in [-0.39, 0.29) is 37.1 Å². The number of nitrogens with zero attached hydrogens (tertiary/aromatic N) is 1. The van der Waals surface area contributed by atoms with Crippen molar-refractivity contribution < 1.29 is 43.6 Å². The van der Waals surface area contributed by atoms with Crippen LogP contribution in [-0.2, 0) is 30.1 Å². The van der Waals surface area contributed by atoms with Gasteiger partial charge in [-0.05, 0) is 51.0 Å². The molecule has 12 nitrogen and oxygen atoms in total. The zero-order valence-electron chi connectivity index (χ0n) is 23.8. The van der Waals surface area contributed by atoms with Gasteiger partial charge in [0.1, 0.15) is 0 Å². The Morgan fingerprint density at radius 2 is 1.24 bits per heavy atom. The molecule has 220 valence electrons. The lowest BCUT2D eigenvalue weighted by Crippen LogP contribution is -2.52. The monoisotopic (exact) mass is 577 g/mol. The number of carboxylic acid groups (broad SMARTS) is 1. The van der Waals surface area contributed by atoms with Crippen molar-refractivity contribution in [2.24, 2.45) is 0 Å². The van der Waals surface area contributed by atoms with Crippen LogP contribution in [0.5, 0.6) is 0 Å². The molecule has 2 aromatic carbocycles. The largest absolute Gasteiger partial charge is 0.492 e. The molecule has 14 heteroatoms. The Kier molecular flexibility index (Phi) is 7.69. The molecule has 1 saturated heterocycles. The maximum absolute atomic E-state index is 13.6. The number of aliphatic carboxylic acids is 1. The van der Waals surface area contributed by atoms with Crippen molar-refractivity contribution in [2.75, 3.05) is 13.1 Å². The van der Waals surface area contributed by atoms with Crippen LogP contribution in [0.3, 0.4) is 0 Å². The molecule has 3 amide bonds. The standard InChI is InChI=1S/C28H33B2N3O9/c1-27(2)17-9-5-7-15(23(17)29(39)41-27)25(37)31-19-13-33(21(34)11-12-22(35)36)14-20(19)32-26(38)16-8-6-10-18-24(16)30(40)42-28(18,3)4/h5-10,19-20,39-40H,11-14H2,1-4H3,(H,31,37)(H,32,38)(H,35,36). The van der Waals surface area contributed by atoms with Gasteiger partial charge in [-0.3, -0.25) is 19.2 Å². The number of benzene rings is 2. The Labute approximate surface area is 243 Å². The van der Waals surface area contributed by atoms with E-state index < -0.39 is 61.2 Å². The minimum absolute atomic E-state index is 0.0281. The fourth-order valence-electron chi connectivity index (χ4n) is 6.08. The van der Waals surface area contributed by atoms with E-state index >= 15 is 0 Å². The lowest BCUT2D eigenvalue weighted by molar-refractivity contribution is -0.140. The van der Waals surface area contributed by atoms with Crippen LogP contribution < -0.4 is 21.6 Å². The summed E-state index contributed by atoms with van der Waals surface area (Å²) >= 11 is 0. The first-order valence-corrected chi connectivity index (χ1v) is 13.8. The minimum atomic E-state index is -1.30. The van der Waals surface area contributed by atoms with Gasteiger partial charge in [0.2, 0.25) is 5.91 Å². The highest BCUT2D eigenvalue weighted by Crippen LogP contribution is 2.32. The van der Waals surface area contributed by atoms with E-state index in [2.05, 4.69) is 10.6 Å². The fraction of sp³-hybridized carbons (Fsp3) is 0.429. The molecule has 3 aliphatic heterocycles. The average molecular weight is 577 g/mol. The van der Waals surface area contributed by atoms with Crippen molar-refractivity contribution in [3.05, 3.63) is 58.7 Å². The second-order valence-electron chi connectivity index (χ2n) is 11.8. The third kappa shape index (κ3) is 5.42. The van der Waals surface area contributed by atoms with Crippen molar-refractivity contribution >= 4 is 48.9 Å². The molecule has 5 N–H and O–H groups in total. The second-order valence-corrected chi connectivity index (χ2v) is 11.8. The quantitative estimate of drug-likeness (QED) is 0.264. The number of nitrogens with one attached hydrogen (secondary N) is 2. The Morgan fingerprint density at radius 1 is 0.810 bits per heavy atom. The average Bonchev–Trinajstić information content (AvgIpc) is 3.50. The number of hydrogen-bond donors (Lipinski definition) is 5. The van der Waals surface area contributed by atoms with Crippen LogP contribution in [0.1, 0.15) is 72.4 Å². The van der Waals surface area contributed by atoms with E-state index in [1.165, 1.54) is 4.90 Å². The Bertz CT molecular complexity index is 1370. The van der Waals surface area contributed by atoms with Crippen molar-refractivity contribution in [1.29, 1.82) is 0 Å². The molecular formula is C28H33B2N3O9. The number of amides is 3. The summed E-state index contributed by atoms with van der Waals surface area (Å²) in [6.07, 6.45) is -0.580. The van der Waals surface area contributed by atoms with Crippen molar-refractivity contribution in [2.45, 2.75) is 63.8 Å². The highest BCUT2D eigenvalue weighted by molar-refractivity contribution is 6.64. The van der Waals surface area contributed by atoms with Crippen LogP contribution in [0, 0.1) is 0 Å². The van der Waals surface area contributed by atoms with Gasteiger partial charge in [-0.1, -0.05) is 24.3 Å². The summed E-state index contributed by atoms with van der Waals surface area (Å²) in [5, 5.41) is 36.0. The summed E-state index contributed by atoms with van der Waals surface area (Å²) in [7, 11) is -2.61. The molecule has 42 heavy (non-hydrogen) atoms. The molecule has 3 heterocycles. The van der Waals surface area contributed by atoms with Gasteiger partial charge in [0.25, 0.3) is 11.8 Å². The van der Waals surface area contributed by atoms with E-state index in [4.69, 9.17) is 14.4 Å². The molecule has 0 aliphatic carbocycles. The highest BCUT2D eigenvalue weighted by atomic mass is 16.5. The Morgan fingerprint density at radius 3 is 1.64 bits per heavy atom. The van der Waals surface area contributed by atoms with Crippen LogP contribution >= 0.6 is 0 Å². The van der Waals surface area contributed by atoms with Gasteiger partial charge in [-0.2, -0.15) is 0 Å². The first-order valence-electron chi connectivity index (χ1n) is 13.8. The Hall–Kier alpha value is -3.71. The lowest BCUT2D eigenvalue weighted by atomic mass is 9.74. The van der Waals surface area contributed by atoms with E-state index in [9.17, 15) is 29.2 Å². The smallest absolute Gasteiger partial charge is 0.481 e. The molecule has 0 aromatic heterocycles. The Balaban J connectivity index is 1.41. The van der Waals surface area contributed by atoms with Gasteiger partial charge in [-0.25, -0.2) is 0 Å². The zero-order chi connectivity index (χ0) is 30.6. The molecule has 2 unspecified atom stereocenters. The normalized spacial score (nSPS) is 21.6. The van der Waals surface area contributed by atoms with Crippen LogP contribution in [0.25, 0.3) is 0 Å². The molecule has 0 spiro atoms. The number of fused-ring (bicyclic) bond motifs is 2. The summed E-state index contributed by atoms with van der Waals surface area (Å²) in [6.45, 7) is 7.21. The molecule has 1 fully saturated rings. The predicted octanol–water partition coefficient (Wildman–Crippen LogP) is -0.804. The molecule has 0 bridgehead atoms. The zero-order valence-corrected chi connectivity index (χ0v) is 23.8. The number of carbonyl (C=O) groups is 4. The lowest BCUT2D eigenvalue weighted by Gasteiger charge is -2.23. The van der Waals surface area contributed by atoms with E-state index in [1.807, 2.05) is 0 Å². The van der Waals surface area contributed by atoms with Crippen LogP contribution in [0.4, 0.5) is 0 Å². The van der Waals surface area contributed by atoms with E-state index in [1.54, 1.807) is 64.1 Å². The van der Waals surface area contributed by atoms with Gasteiger partial charge >= 0.3 is 20.2 Å². The predicted molar refractivity (Wildman–Crippen MR) is 152 cm³/mol. The number of hydrogen-bond acceptors (Lipinski definition) is 8. The second kappa shape index (κ2) is 10.8. The molecule has 5 rings (SSSR count). The third-order valence-electron chi connectivity index (χ3n) is 8.16. The molecular weight excluding hydrogens is 544 g/mol. The summed E-state index contributed by atoms with van der Waals surface area (Å²) in [4.78, 5) is 52.4. The first kappa shape index (κ1) is 29.8. The molecule has 2 aromatic rings. The van der Waals surface area contributed by atoms with Crippen molar-refractivity contribution in [3.8, 4) is 0 Å². The summed E-state index contributed by atoms with van der Waals surface area (Å²) < 4.78 is 11.3. The summed E-state index contributed by atoms with van der Waals surface area (Å²) in [5.41, 5.74) is 0.845. The first-order chi connectivity index (χ1) is 19.7. The third-order valence-corrected chi connectivity index (χ3v) is 8.16. The maximum Gasteiger partial charge on any atom is 0.492 e. The topological polar surface area (TPSA) is 175 Å². The van der Waals surface area contributed by atoms with Crippen LogP contribution in [-0.4, -0.2) is 83.2 Å². The fourth-order valence-corrected chi connectivity index (χ4v) is 6.08. The maximum atomic E-state index is 13.6. The van der Waals surface area contributed by atoms with Gasteiger partial charge in [-0.15, -0.1) is 0 Å². The SMILES string of the molecule is CC1(C)OB(O)c2c(C(=O)NC3CN(C(=O)CCC(=O)O)CC3NC(=O)c3cccc4c3B(O)OC4(C)C)cccc21. The number of likely N-dealkylation sites (tertiary alicyclic amines) is 1. The van der Waals surface area contributed by atoms with E-state index in [0.29, 0.717) is 22.1 Å². The summed E-state index contributed by atoms with van der Waals surface area (Å²) in [6, 6.07) is 8.59. The van der Waals surface area contributed by atoms with Gasteiger partial charge in [0, 0.05) is 41.6 Å². The van der Waals surface area contributed by atoms with Crippen LogP contribution in [0.2, 0.25) is 0 Å². The number of carbonyl (C=O) groups excluding carboxylic acids is 3. The van der Waals surface area contributed by atoms with Crippen LogP contribution in [0.15, 0.2) is 36.4 Å². The van der Waals surface area contributed by atoms with Crippen molar-refractivity contribution in [1.82, 2.24) is 15.5 Å². The summed E-state index contributed by atoms with van der Waals surface area (Å²) in [5.74, 6) is -2.59. The number of carboxylic acids is 1. The van der Waals surface area contributed by atoms with Gasteiger partial charge < -0.3 is 40.0 Å². The molecule has 0 radical (unpaired) electrons. The molecule has 0 saturated carbocycles. The van der Waals surface area contributed by atoms with Gasteiger partial charge in [0.05, 0.1) is 29.7 Å². The van der Waals surface area contributed by atoms with Crippen molar-refractivity contribution in [3.63, 3.8) is 0 Å². The molecule has 3 aliphatic rings. The van der Waals surface area contributed by atoms with E-state index in [0.717, 1.165) is 0 Å². The number of rotatable bonds is 7. The molecule has 2 atom stereocenters. The van der Waals surface area contributed by atoms with Gasteiger partial charge in [0.15, 0.2) is 0 Å².